The molecule has 25 heavy (non-hydrogen) atoms. The van der Waals surface area contributed by atoms with Crippen LogP contribution in [-0.4, -0.2) is 59.6 Å². The third kappa shape index (κ3) is 3.91. The van der Waals surface area contributed by atoms with Crippen LogP contribution in [0.25, 0.3) is 0 Å². The maximum Gasteiger partial charge on any atom is 0.263 e. The Morgan fingerprint density at radius 3 is 2.60 bits per heavy atom. The Kier molecular flexibility index (Phi) is 4.94. The van der Waals surface area contributed by atoms with Crippen molar-refractivity contribution in [3.05, 3.63) is 33.6 Å². The number of nitrogens with zero attached hydrogens (tertiary/aromatic N) is 4. The van der Waals surface area contributed by atoms with Crippen molar-refractivity contribution >= 4 is 27.3 Å². The van der Waals surface area contributed by atoms with Gasteiger partial charge in [-0.05, 0) is 32.4 Å². The minimum atomic E-state index is -3.48. The van der Waals surface area contributed by atoms with Gasteiger partial charge >= 0.3 is 0 Å². The molecule has 0 saturated carbocycles. The van der Waals surface area contributed by atoms with Gasteiger partial charge in [-0.3, -0.25) is 4.79 Å². The molecule has 8 nitrogen and oxygen atoms in total. The molecule has 1 unspecified atom stereocenters. The fraction of sp³-hybridized carbons (Fsp3) is 0.533. The minimum absolute atomic E-state index is 0.0751. The van der Waals surface area contributed by atoms with E-state index in [1.54, 1.807) is 17.9 Å². The van der Waals surface area contributed by atoms with Crippen molar-refractivity contribution in [3.63, 3.8) is 0 Å². The van der Waals surface area contributed by atoms with Gasteiger partial charge in [-0.25, -0.2) is 8.42 Å². The molecule has 1 fully saturated rings. The van der Waals surface area contributed by atoms with Gasteiger partial charge in [0.15, 0.2) is 5.82 Å². The smallest absolute Gasteiger partial charge is 0.263 e. The Morgan fingerprint density at radius 2 is 2.04 bits per heavy atom. The van der Waals surface area contributed by atoms with Gasteiger partial charge in [-0.1, -0.05) is 5.16 Å². The highest BCUT2D eigenvalue weighted by Gasteiger charge is 2.36. The second-order valence-corrected chi connectivity index (χ2v) is 9.28. The van der Waals surface area contributed by atoms with Crippen LogP contribution in [0, 0.1) is 13.8 Å². The largest absolute Gasteiger partial charge is 0.338 e. The molecule has 0 aliphatic carbocycles. The number of carbonyl (C=O) groups excluding carboxylic acids is 1. The van der Waals surface area contributed by atoms with Crippen molar-refractivity contribution in [3.8, 4) is 0 Å². The summed E-state index contributed by atoms with van der Waals surface area (Å²) in [6, 6.07) is 3.15. The van der Waals surface area contributed by atoms with Crippen molar-refractivity contribution in [2.75, 3.05) is 25.9 Å². The van der Waals surface area contributed by atoms with Crippen LogP contribution in [0.4, 0.5) is 0 Å². The van der Waals surface area contributed by atoms with Gasteiger partial charge in [0.2, 0.25) is 15.9 Å². The van der Waals surface area contributed by atoms with Crippen molar-refractivity contribution in [2.24, 2.45) is 0 Å². The third-order valence-corrected chi connectivity index (χ3v) is 6.38. The van der Waals surface area contributed by atoms with Crippen molar-refractivity contribution in [1.82, 2.24) is 19.3 Å². The summed E-state index contributed by atoms with van der Waals surface area (Å²) in [5, 5.41) is 3.76. The van der Waals surface area contributed by atoms with E-state index in [1.807, 2.05) is 13.0 Å². The highest BCUT2D eigenvalue weighted by Crippen LogP contribution is 2.29. The zero-order chi connectivity index (χ0) is 18.2. The molecule has 3 heterocycles. The highest BCUT2D eigenvalue weighted by molar-refractivity contribution is 7.88. The first-order chi connectivity index (χ1) is 11.8. The average molecular weight is 384 g/mol. The normalized spacial score (nSPS) is 19.8. The van der Waals surface area contributed by atoms with Crippen molar-refractivity contribution < 1.29 is 17.7 Å². The van der Waals surface area contributed by atoms with Gasteiger partial charge in [-0.15, -0.1) is 11.3 Å². The Labute approximate surface area is 150 Å². The SMILES string of the molecule is Cc1noc(C2CCN(C(=O)c3ccc(C)s3)CCN2S(C)(=O)=O)n1. The fourth-order valence-corrected chi connectivity index (χ4v) is 4.82. The van der Waals surface area contributed by atoms with E-state index in [0.29, 0.717) is 30.2 Å². The molecule has 2 aromatic heterocycles. The molecule has 10 heteroatoms. The molecule has 2 aromatic rings. The van der Waals surface area contributed by atoms with Gasteiger partial charge in [0.25, 0.3) is 5.91 Å². The lowest BCUT2D eigenvalue weighted by molar-refractivity contribution is 0.0768. The van der Waals surface area contributed by atoms with E-state index in [0.717, 1.165) is 11.1 Å². The summed E-state index contributed by atoms with van der Waals surface area (Å²) in [5.74, 6) is 0.646. The number of aryl methyl sites for hydroxylation is 2. The molecule has 0 N–H and O–H groups in total. The van der Waals surface area contributed by atoms with Crippen LogP contribution in [0.1, 0.15) is 38.7 Å². The van der Waals surface area contributed by atoms with Gasteiger partial charge in [0.05, 0.1) is 11.1 Å². The van der Waals surface area contributed by atoms with Gasteiger partial charge in [0, 0.05) is 24.5 Å². The maximum absolute atomic E-state index is 12.7. The number of amides is 1. The summed E-state index contributed by atoms with van der Waals surface area (Å²) in [6.07, 6.45) is 1.56. The summed E-state index contributed by atoms with van der Waals surface area (Å²) in [6.45, 7) is 4.58. The number of hydrogen-bond acceptors (Lipinski definition) is 7. The molecule has 0 bridgehead atoms. The van der Waals surface area contributed by atoms with Crippen molar-refractivity contribution in [1.29, 1.82) is 0 Å². The van der Waals surface area contributed by atoms with Crippen molar-refractivity contribution in [2.45, 2.75) is 26.3 Å². The molecule has 1 atom stereocenters. The Balaban J connectivity index is 1.85. The topological polar surface area (TPSA) is 96.6 Å². The van der Waals surface area contributed by atoms with E-state index < -0.39 is 16.1 Å². The van der Waals surface area contributed by atoms with Crippen LogP contribution in [0.5, 0.6) is 0 Å². The van der Waals surface area contributed by atoms with E-state index in [-0.39, 0.29) is 18.3 Å². The molecule has 136 valence electrons. The molecule has 0 radical (unpaired) electrons. The van der Waals surface area contributed by atoms with E-state index in [1.165, 1.54) is 15.6 Å². The van der Waals surface area contributed by atoms with Crippen LogP contribution in [-0.2, 0) is 10.0 Å². The minimum Gasteiger partial charge on any atom is -0.338 e. The summed E-state index contributed by atoms with van der Waals surface area (Å²) in [4.78, 5) is 20.3. The molecule has 0 aromatic carbocycles. The average Bonchev–Trinajstić information content (AvgIpc) is 3.07. The summed E-state index contributed by atoms with van der Waals surface area (Å²) in [7, 11) is -3.48. The fourth-order valence-electron chi connectivity index (χ4n) is 2.91. The first-order valence-corrected chi connectivity index (χ1v) is 10.5. The molecule has 1 aliphatic heterocycles. The Hall–Kier alpha value is -1.78. The predicted octanol–water partition coefficient (Wildman–Crippen LogP) is 1.60. The summed E-state index contributed by atoms with van der Waals surface area (Å²) in [5.41, 5.74) is 0. The molecule has 0 spiro atoms. The van der Waals surface area contributed by atoms with E-state index in [2.05, 4.69) is 10.1 Å². The van der Waals surface area contributed by atoms with Gasteiger partial charge < -0.3 is 9.42 Å². The second-order valence-electron chi connectivity index (χ2n) is 6.06. The summed E-state index contributed by atoms with van der Waals surface area (Å²) < 4.78 is 31.0. The molecule has 1 amide bonds. The zero-order valence-corrected chi connectivity index (χ0v) is 15.9. The molecular weight excluding hydrogens is 364 g/mol. The van der Waals surface area contributed by atoms with Gasteiger partial charge in [0.1, 0.15) is 6.04 Å². The molecule has 1 aliphatic rings. The summed E-state index contributed by atoms with van der Waals surface area (Å²) >= 11 is 1.44. The number of rotatable bonds is 3. The van der Waals surface area contributed by atoms with E-state index in [4.69, 9.17) is 4.52 Å². The Morgan fingerprint density at radius 1 is 1.28 bits per heavy atom. The van der Waals surface area contributed by atoms with E-state index in [9.17, 15) is 13.2 Å². The van der Waals surface area contributed by atoms with Crippen LogP contribution < -0.4 is 0 Å². The number of thiophene rings is 1. The molecule has 3 rings (SSSR count). The van der Waals surface area contributed by atoms with Crippen LogP contribution in [0.15, 0.2) is 16.7 Å². The first-order valence-electron chi connectivity index (χ1n) is 7.88. The predicted molar refractivity (Wildman–Crippen MR) is 92.9 cm³/mol. The number of carbonyl (C=O) groups is 1. The lowest BCUT2D eigenvalue weighted by atomic mass is 10.2. The quantitative estimate of drug-likeness (QED) is 0.797. The van der Waals surface area contributed by atoms with Crippen LogP contribution >= 0.6 is 11.3 Å². The zero-order valence-electron chi connectivity index (χ0n) is 14.3. The number of sulfonamides is 1. The highest BCUT2D eigenvalue weighted by atomic mass is 32.2. The van der Waals surface area contributed by atoms with E-state index >= 15 is 0 Å². The Bertz CT molecular complexity index is 874. The standard InChI is InChI=1S/C15H20N4O4S2/c1-10-4-5-13(24-10)15(20)18-7-6-12(14-16-11(2)17-23-14)19(9-8-18)25(3,21)22/h4-5,12H,6-9H2,1-3H3. The lowest BCUT2D eigenvalue weighted by Gasteiger charge is -2.24. The lowest BCUT2D eigenvalue weighted by Crippen LogP contribution is -2.37. The van der Waals surface area contributed by atoms with Gasteiger partial charge in [-0.2, -0.15) is 9.29 Å². The first kappa shape index (κ1) is 18.0. The third-order valence-electron chi connectivity index (χ3n) is 4.10. The monoisotopic (exact) mass is 384 g/mol. The van der Waals surface area contributed by atoms with Crippen LogP contribution in [0.2, 0.25) is 0 Å². The number of hydrogen-bond donors (Lipinski definition) is 0. The number of aromatic nitrogens is 2. The molecular formula is C15H20N4O4S2. The maximum atomic E-state index is 12.7. The molecule has 1 saturated heterocycles. The van der Waals surface area contributed by atoms with Crippen LogP contribution in [0.3, 0.4) is 0 Å². The second kappa shape index (κ2) is 6.85.